The predicted octanol–water partition coefficient (Wildman–Crippen LogP) is 3.17. The highest BCUT2D eigenvalue weighted by atomic mass is 19.3. The van der Waals surface area contributed by atoms with E-state index >= 15 is 0 Å². The Balaban J connectivity index is 2.07. The van der Waals surface area contributed by atoms with Crippen LogP contribution in [-0.2, 0) is 4.74 Å². The van der Waals surface area contributed by atoms with E-state index in [0.717, 1.165) is 0 Å². The third-order valence-electron chi connectivity index (χ3n) is 3.30. The second-order valence-corrected chi connectivity index (χ2v) is 5.24. The number of aromatic amines is 1. The molecule has 2 rings (SSSR count). The zero-order valence-electron chi connectivity index (χ0n) is 13.5. The Morgan fingerprint density at radius 3 is 2.52 bits per heavy atom. The minimum atomic E-state index is -3.08. The topological polar surface area (TPSA) is 85.5 Å². The zero-order valence-corrected chi connectivity index (χ0v) is 13.5. The van der Waals surface area contributed by atoms with E-state index in [0.29, 0.717) is 11.1 Å². The van der Waals surface area contributed by atoms with Gasteiger partial charge < -0.3 is 14.5 Å². The lowest BCUT2D eigenvalue weighted by molar-refractivity contribution is -0.0502. The molecule has 1 aromatic carbocycles. The molecule has 8 heteroatoms. The van der Waals surface area contributed by atoms with Crippen molar-refractivity contribution in [3.05, 3.63) is 52.8 Å². The van der Waals surface area contributed by atoms with Crippen LogP contribution in [0.15, 0.2) is 30.5 Å². The first-order valence-electron chi connectivity index (χ1n) is 7.23. The van der Waals surface area contributed by atoms with Crippen LogP contribution in [0.25, 0.3) is 0 Å². The van der Waals surface area contributed by atoms with Crippen LogP contribution in [0, 0.1) is 6.92 Å². The Bertz CT molecular complexity index is 813. The average Bonchev–Trinajstić information content (AvgIpc) is 3.04. The van der Waals surface area contributed by atoms with Crippen LogP contribution in [0.3, 0.4) is 0 Å². The number of benzene rings is 1. The van der Waals surface area contributed by atoms with Gasteiger partial charge in [-0.25, -0.2) is 4.79 Å². The van der Waals surface area contributed by atoms with Gasteiger partial charge in [-0.05, 0) is 32.0 Å². The number of nitrogens with one attached hydrogen (secondary N) is 1. The molecular formula is C17H15F2NO5. The van der Waals surface area contributed by atoms with Crippen molar-refractivity contribution >= 4 is 17.5 Å². The first-order chi connectivity index (χ1) is 11.8. The highest BCUT2D eigenvalue weighted by Crippen LogP contribution is 2.23. The van der Waals surface area contributed by atoms with Gasteiger partial charge in [-0.15, -0.1) is 0 Å². The fourth-order valence-electron chi connectivity index (χ4n) is 2.06. The van der Waals surface area contributed by atoms with E-state index in [1.807, 2.05) is 0 Å². The van der Waals surface area contributed by atoms with E-state index in [2.05, 4.69) is 9.72 Å². The molecule has 0 aliphatic carbocycles. The number of aryl methyl sites for hydroxylation is 1. The van der Waals surface area contributed by atoms with Crippen molar-refractivity contribution in [3.8, 4) is 5.75 Å². The van der Waals surface area contributed by atoms with Crippen molar-refractivity contribution in [3.63, 3.8) is 0 Å². The maximum absolute atomic E-state index is 12.4. The highest BCUT2D eigenvalue weighted by molar-refractivity contribution is 6.02. The molecule has 1 N–H and O–H groups in total. The molecule has 0 saturated heterocycles. The van der Waals surface area contributed by atoms with Crippen molar-refractivity contribution in [1.29, 1.82) is 0 Å². The summed E-state index contributed by atoms with van der Waals surface area (Å²) in [4.78, 5) is 37.8. The van der Waals surface area contributed by atoms with Gasteiger partial charge in [0, 0.05) is 11.8 Å². The van der Waals surface area contributed by atoms with Gasteiger partial charge in [0.2, 0.25) is 5.78 Å². The number of alkyl halides is 2. The molecule has 0 saturated carbocycles. The summed E-state index contributed by atoms with van der Waals surface area (Å²) >= 11 is 0. The lowest BCUT2D eigenvalue weighted by Gasteiger charge is -2.11. The van der Waals surface area contributed by atoms with E-state index in [9.17, 15) is 23.2 Å². The number of hydrogen-bond donors (Lipinski definition) is 1. The van der Waals surface area contributed by atoms with E-state index < -0.39 is 25.0 Å². The summed E-state index contributed by atoms with van der Waals surface area (Å²) in [5.74, 6) is -2.06. The van der Waals surface area contributed by atoms with E-state index in [4.69, 9.17) is 4.74 Å². The Morgan fingerprint density at radius 1 is 1.20 bits per heavy atom. The quantitative estimate of drug-likeness (QED) is 0.612. The van der Waals surface area contributed by atoms with Crippen LogP contribution >= 0.6 is 0 Å². The monoisotopic (exact) mass is 351 g/mol. The van der Waals surface area contributed by atoms with Crippen molar-refractivity contribution in [2.45, 2.75) is 20.5 Å². The third-order valence-corrected chi connectivity index (χ3v) is 3.30. The van der Waals surface area contributed by atoms with Crippen molar-refractivity contribution in [1.82, 2.24) is 4.98 Å². The summed E-state index contributed by atoms with van der Waals surface area (Å²) in [5.41, 5.74) is 0.853. The number of halogens is 2. The fraction of sp³-hybridized carbons (Fsp3) is 0.235. The van der Waals surface area contributed by atoms with Gasteiger partial charge in [-0.2, -0.15) is 8.78 Å². The molecule has 0 fully saturated rings. The number of H-pyrrole nitrogens is 1. The molecule has 0 amide bonds. The number of hydrogen-bond acceptors (Lipinski definition) is 5. The fourth-order valence-corrected chi connectivity index (χ4v) is 2.06. The summed E-state index contributed by atoms with van der Waals surface area (Å²) in [6, 6.07) is 5.44. The lowest BCUT2D eigenvalue weighted by Crippen LogP contribution is -2.16. The largest absolute Gasteiger partial charge is 0.453 e. The number of carbonyl (C=O) groups excluding carboxylic acids is 3. The normalized spacial score (nSPS) is 10.6. The molecule has 2 aromatic rings. The first-order valence-corrected chi connectivity index (χ1v) is 7.23. The minimum Gasteiger partial charge on any atom is -0.453 e. The second-order valence-electron chi connectivity index (χ2n) is 5.24. The Morgan fingerprint density at radius 2 is 1.92 bits per heavy atom. The van der Waals surface area contributed by atoms with Gasteiger partial charge in [-0.3, -0.25) is 9.59 Å². The molecule has 0 unspecified atom stereocenters. The van der Waals surface area contributed by atoms with Gasteiger partial charge in [-0.1, -0.05) is 11.6 Å². The molecule has 1 aromatic heterocycles. The maximum Gasteiger partial charge on any atom is 0.387 e. The third kappa shape index (κ3) is 4.72. The number of rotatable bonds is 7. The van der Waals surface area contributed by atoms with Crippen molar-refractivity contribution in [2.24, 2.45) is 0 Å². The number of ketones is 2. The molecule has 0 radical (unpaired) electrons. The zero-order chi connectivity index (χ0) is 18.6. The van der Waals surface area contributed by atoms with Gasteiger partial charge in [0.15, 0.2) is 12.4 Å². The number of carbonyl (C=O) groups is 3. The van der Waals surface area contributed by atoms with Crippen molar-refractivity contribution in [2.75, 3.05) is 6.61 Å². The first kappa shape index (κ1) is 18.3. The van der Waals surface area contributed by atoms with Gasteiger partial charge in [0.25, 0.3) is 0 Å². The molecular weight excluding hydrogens is 336 g/mol. The Hall–Kier alpha value is -3.03. The van der Waals surface area contributed by atoms with Gasteiger partial charge in [0.05, 0.1) is 5.56 Å². The predicted molar refractivity (Wildman–Crippen MR) is 83.2 cm³/mol. The molecule has 132 valence electrons. The second kappa shape index (κ2) is 7.69. The molecule has 0 bridgehead atoms. The summed E-state index contributed by atoms with van der Waals surface area (Å²) in [6.07, 6.45) is 1.34. The van der Waals surface area contributed by atoms with Gasteiger partial charge in [0.1, 0.15) is 11.4 Å². The molecule has 0 spiro atoms. The van der Waals surface area contributed by atoms with Gasteiger partial charge >= 0.3 is 12.6 Å². The van der Waals surface area contributed by atoms with Crippen molar-refractivity contribution < 1.29 is 32.6 Å². The number of Topliss-reactive ketones (excluding diaryl/α,β-unsaturated/α-hetero) is 2. The molecule has 25 heavy (non-hydrogen) atoms. The smallest absolute Gasteiger partial charge is 0.387 e. The Labute approximate surface area is 141 Å². The summed E-state index contributed by atoms with van der Waals surface area (Å²) in [5, 5.41) is 0. The van der Waals surface area contributed by atoms with Crippen LogP contribution in [0.5, 0.6) is 5.75 Å². The average molecular weight is 351 g/mol. The molecule has 1 heterocycles. The van der Waals surface area contributed by atoms with Crippen LogP contribution in [0.2, 0.25) is 0 Å². The SMILES string of the molecule is CC(=O)c1c[nH]c(C(=O)OCC(=O)c2cc(C)ccc2OC(F)F)c1. The van der Waals surface area contributed by atoms with Crippen LogP contribution in [0.4, 0.5) is 8.78 Å². The lowest BCUT2D eigenvalue weighted by atomic mass is 10.1. The summed E-state index contributed by atoms with van der Waals surface area (Å²) in [6.45, 7) is -0.724. The van der Waals surface area contributed by atoms with E-state index in [1.54, 1.807) is 6.92 Å². The maximum atomic E-state index is 12.4. The van der Waals surface area contributed by atoms with Crippen LogP contribution in [-0.4, -0.2) is 35.7 Å². The molecule has 0 aliphatic heterocycles. The van der Waals surface area contributed by atoms with Crippen LogP contribution in [0.1, 0.15) is 43.7 Å². The standard InChI is InChI=1S/C17H15F2NO5/c1-9-3-4-15(25-17(18)19)12(5-9)14(22)8-24-16(23)13-6-11(7-20-13)10(2)21/h3-7,17,20H,8H2,1-2H3. The molecule has 0 atom stereocenters. The summed E-state index contributed by atoms with van der Waals surface area (Å²) < 4.78 is 34.0. The summed E-state index contributed by atoms with van der Waals surface area (Å²) in [7, 11) is 0. The number of ether oxygens (including phenoxy) is 2. The number of esters is 1. The highest BCUT2D eigenvalue weighted by Gasteiger charge is 2.19. The Kier molecular flexibility index (Phi) is 5.63. The molecule has 0 aliphatic rings. The minimum absolute atomic E-state index is 0.00583. The molecule has 6 nitrogen and oxygen atoms in total. The van der Waals surface area contributed by atoms with E-state index in [1.165, 1.54) is 37.4 Å². The van der Waals surface area contributed by atoms with Crippen LogP contribution < -0.4 is 4.74 Å². The number of aromatic nitrogens is 1. The van der Waals surface area contributed by atoms with E-state index in [-0.39, 0.29) is 22.8 Å².